The fourth-order valence-electron chi connectivity index (χ4n) is 5.62. The summed E-state index contributed by atoms with van der Waals surface area (Å²) in [5, 5.41) is 9.60. The van der Waals surface area contributed by atoms with E-state index in [4.69, 9.17) is 9.47 Å². The highest BCUT2D eigenvalue weighted by Crippen LogP contribution is 2.32. The molecule has 1 aromatic heterocycles. The molecule has 2 saturated carbocycles. The predicted octanol–water partition coefficient (Wildman–Crippen LogP) is 6.17. The summed E-state index contributed by atoms with van der Waals surface area (Å²) in [6, 6.07) is 6.77. The van der Waals surface area contributed by atoms with Gasteiger partial charge in [0.05, 0.1) is 12.4 Å². The number of amides is 1. The standard InChI is InChI=1S/C28H42N4O3S/c1-4-31-26(19-35-24-17-16-21(3)18-25(24)34-5-2)29-30-28(31)36-20-27(33)32(22-12-8-6-9-13-22)23-14-10-7-11-15-23/h16-18,22-23H,4-15,19-20H2,1-3H3. The fraction of sp³-hybridized carbons (Fsp3) is 0.679. The second-order valence-electron chi connectivity index (χ2n) is 9.99. The zero-order valence-electron chi connectivity index (χ0n) is 22.2. The first-order chi connectivity index (χ1) is 17.6. The molecular weight excluding hydrogens is 472 g/mol. The van der Waals surface area contributed by atoms with Gasteiger partial charge in [-0.15, -0.1) is 10.2 Å². The van der Waals surface area contributed by atoms with Gasteiger partial charge in [-0.05, 0) is 64.2 Å². The first-order valence-electron chi connectivity index (χ1n) is 13.8. The molecule has 2 aliphatic rings. The third-order valence-corrected chi connectivity index (χ3v) is 8.37. The minimum atomic E-state index is 0.267. The predicted molar refractivity (Wildman–Crippen MR) is 144 cm³/mol. The van der Waals surface area contributed by atoms with E-state index >= 15 is 0 Å². The lowest BCUT2D eigenvalue weighted by Crippen LogP contribution is -2.49. The van der Waals surface area contributed by atoms with Gasteiger partial charge in [-0.1, -0.05) is 56.4 Å². The second kappa shape index (κ2) is 13.4. The topological polar surface area (TPSA) is 69.5 Å². The number of ether oxygens (including phenoxy) is 2. The summed E-state index contributed by atoms with van der Waals surface area (Å²) in [7, 11) is 0. The molecule has 36 heavy (non-hydrogen) atoms. The Balaban J connectivity index is 1.40. The SMILES string of the molecule is CCOc1cc(C)ccc1OCc1nnc(SCC(=O)N(C2CCCCC2)C2CCCCC2)n1CC. The van der Waals surface area contributed by atoms with E-state index in [2.05, 4.69) is 26.6 Å². The number of nitrogens with zero attached hydrogens (tertiary/aromatic N) is 4. The lowest BCUT2D eigenvalue weighted by Gasteiger charge is -2.41. The number of aryl methyl sites for hydroxylation is 1. The van der Waals surface area contributed by atoms with E-state index in [9.17, 15) is 4.79 Å². The van der Waals surface area contributed by atoms with Gasteiger partial charge in [0.2, 0.25) is 5.91 Å². The van der Waals surface area contributed by atoms with Gasteiger partial charge >= 0.3 is 0 Å². The van der Waals surface area contributed by atoms with E-state index in [0.717, 1.165) is 54.5 Å². The summed E-state index contributed by atoms with van der Waals surface area (Å²) in [4.78, 5) is 15.9. The highest BCUT2D eigenvalue weighted by atomic mass is 32.2. The van der Waals surface area contributed by atoms with Crippen molar-refractivity contribution in [2.24, 2.45) is 0 Å². The summed E-state index contributed by atoms with van der Waals surface area (Å²) in [5.41, 5.74) is 1.13. The summed E-state index contributed by atoms with van der Waals surface area (Å²) >= 11 is 1.51. The van der Waals surface area contributed by atoms with E-state index in [1.807, 2.05) is 32.0 Å². The number of carbonyl (C=O) groups excluding carboxylic acids is 1. The Labute approximate surface area is 220 Å². The van der Waals surface area contributed by atoms with Crippen LogP contribution in [0.1, 0.15) is 89.4 Å². The Morgan fingerprint density at radius 2 is 1.64 bits per heavy atom. The van der Waals surface area contributed by atoms with E-state index < -0.39 is 0 Å². The third-order valence-electron chi connectivity index (χ3n) is 7.41. The lowest BCUT2D eigenvalue weighted by molar-refractivity contribution is -0.135. The van der Waals surface area contributed by atoms with Crippen LogP contribution in [0.3, 0.4) is 0 Å². The largest absolute Gasteiger partial charge is 0.490 e. The molecule has 1 heterocycles. The van der Waals surface area contributed by atoms with Crippen molar-refractivity contribution in [3.05, 3.63) is 29.6 Å². The fourth-order valence-corrected chi connectivity index (χ4v) is 6.51. The van der Waals surface area contributed by atoms with Crippen LogP contribution >= 0.6 is 11.8 Å². The van der Waals surface area contributed by atoms with Gasteiger partial charge in [-0.25, -0.2) is 0 Å². The van der Waals surface area contributed by atoms with Gasteiger partial charge in [0.25, 0.3) is 0 Å². The summed E-state index contributed by atoms with van der Waals surface area (Å²) in [5.74, 6) is 2.88. The molecular formula is C28H42N4O3S. The molecule has 4 rings (SSSR count). The number of rotatable bonds is 11. The smallest absolute Gasteiger partial charge is 0.233 e. The molecule has 2 fully saturated rings. The minimum Gasteiger partial charge on any atom is -0.490 e. The molecule has 0 atom stereocenters. The first-order valence-corrected chi connectivity index (χ1v) is 14.8. The van der Waals surface area contributed by atoms with Gasteiger partial charge < -0.3 is 18.9 Å². The van der Waals surface area contributed by atoms with Crippen molar-refractivity contribution in [1.29, 1.82) is 0 Å². The molecule has 8 heteroatoms. The van der Waals surface area contributed by atoms with Crippen molar-refractivity contribution < 1.29 is 14.3 Å². The zero-order valence-corrected chi connectivity index (χ0v) is 23.0. The monoisotopic (exact) mass is 514 g/mol. The Morgan fingerprint density at radius 3 is 2.25 bits per heavy atom. The highest BCUT2D eigenvalue weighted by Gasteiger charge is 2.32. The van der Waals surface area contributed by atoms with E-state index in [-0.39, 0.29) is 5.91 Å². The van der Waals surface area contributed by atoms with Gasteiger partial charge in [-0.2, -0.15) is 0 Å². The van der Waals surface area contributed by atoms with Crippen molar-refractivity contribution in [2.75, 3.05) is 12.4 Å². The molecule has 0 spiro atoms. The summed E-state index contributed by atoms with van der Waals surface area (Å²) < 4.78 is 13.9. The van der Waals surface area contributed by atoms with Gasteiger partial charge in [0, 0.05) is 18.6 Å². The molecule has 0 unspecified atom stereocenters. The summed E-state index contributed by atoms with van der Waals surface area (Å²) in [6.45, 7) is 7.69. The number of hydrogen-bond acceptors (Lipinski definition) is 6. The molecule has 0 bridgehead atoms. The molecule has 0 aliphatic heterocycles. The van der Waals surface area contributed by atoms with Crippen molar-refractivity contribution in [2.45, 2.75) is 115 Å². The van der Waals surface area contributed by atoms with Gasteiger partial charge in [0.1, 0.15) is 6.61 Å². The maximum Gasteiger partial charge on any atom is 0.233 e. The second-order valence-corrected chi connectivity index (χ2v) is 10.9. The van der Waals surface area contributed by atoms with Crippen molar-refractivity contribution in [3.8, 4) is 11.5 Å². The van der Waals surface area contributed by atoms with Crippen LogP contribution in [0.2, 0.25) is 0 Å². The van der Waals surface area contributed by atoms with Crippen LogP contribution in [0.15, 0.2) is 23.4 Å². The Bertz CT molecular complexity index is 965. The minimum absolute atomic E-state index is 0.267. The molecule has 0 saturated heterocycles. The van der Waals surface area contributed by atoms with Crippen LogP contribution in [0.4, 0.5) is 0 Å². The highest BCUT2D eigenvalue weighted by molar-refractivity contribution is 7.99. The van der Waals surface area contributed by atoms with E-state index in [1.165, 1.54) is 50.3 Å². The normalized spacial score (nSPS) is 17.2. The molecule has 0 radical (unpaired) electrons. The average Bonchev–Trinajstić information content (AvgIpc) is 3.30. The number of carbonyl (C=O) groups is 1. The number of hydrogen-bond donors (Lipinski definition) is 0. The van der Waals surface area contributed by atoms with E-state index in [1.54, 1.807) is 0 Å². The number of aromatic nitrogens is 3. The lowest BCUT2D eigenvalue weighted by atomic mass is 9.88. The van der Waals surface area contributed by atoms with Crippen molar-refractivity contribution in [1.82, 2.24) is 19.7 Å². The van der Waals surface area contributed by atoms with E-state index in [0.29, 0.717) is 36.8 Å². The van der Waals surface area contributed by atoms with Gasteiger partial charge in [0.15, 0.2) is 22.5 Å². The van der Waals surface area contributed by atoms with Crippen LogP contribution in [0, 0.1) is 6.92 Å². The van der Waals surface area contributed by atoms with Crippen LogP contribution in [0.5, 0.6) is 11.5 Å². The van der Waals surface area contributed by atoms with Crippen LogP contribution in [0.25, 0.3) is 0 Å². The van der Waals surface area contributed by atoms with Crippen molar-refractivity contribution >= 4 is 17.7 Å². The number of thioether (sulfide) groups is 1. The van der Waals surface area contributed by atoms with Crippen molar-refractivity contribution in [3.63, 3.8) is 0 Å². The molecule has 1 aromatic carbocycles. The third kappa shape index (κ3) is 6.75. The van der Waals surface area contributed by atoms with Gasteiger partial charge in [-0.3, -0.25) is 4.79 Å². The quantitative estimate of drug-likeness (QED) is 0.334. The van der Waals surface area contributed by atoms with Crippen LogP contribution < -0.4 is 9.47 Å². The maximum absolute atomic E-state index is 13.6. The molecule has 2 aromatic rings. The Hall–Kier alpha value is -2.22. The van der Waals surface area contributed by atoms with Crippen LogP contribution in [-0.2, 0) is 17.9 Å². The first kappa shape index (κ1) is 26.8. The molecule has 198 valence electrons. The average molecular weight is 515 g/mol. The molecule has 1 amide bonds. The molecule has 7 nitrogen and oxygen atoms in total. The zero-order chi connectivity index (χ0) is 25.3. The maximum atomic E-state index is 13.6. The van der Waals surface area contributed by atoms with Crippen LogP contribution in [-0.4, -0.2) is 50.0 Å². The number of benzene rings is 1. The molecule has 2 aliphatic carbocycles. The molecule has 0 N–H and O–H groups in total. The summed E-state index contributed by atoms with van der Waals surface area (Å²) in [6.07, 6.45) is 12.2. The Kier molecular flexibility index (Phi) is 9.96. The Morgan fingerprint density at radius 1 is 0.972 bits per heavy atom.